The van der Waals surface area contributed by atoms with Gasteiger partial charge in [0.05, 0.1) is 31.6 Å². The van der Waals surface area contributed by atoms with E-state index in [-0.39, 0.29) is 23.7 Å². The molecular formula is C25H16IN3O5S. The van der Waals surface area contributed by atoms with E-state index in [4.69, 9.17) is 4.74 Å². The molecular weight excluding hydrogens is 581 g/mol. The largest absolute Gasteiger partial charge is 0.488 e. The minimum atomic E-state index is -0.519. The second-order valence-corrected chi connectivity index (χ2v) is 9.60. The van der Waals surface area contributed by atoms with Crippen LogP contribution >= 0.6 is 34.4 Å². The summed E-state index contributed by atoms with van der Waals surface area (Å²) in [6, 6.07) is 20.6. The molecule has 0 N–H and O–H groups in total. The molecule has 0 unspecified atom stereocenters. The predicted octanol–water partition coefficient (Wildman–Crippen LogP) is 5.89. The van der Waals surface area contributed by atoms with Crippen molar-refractivity contribution in [2.24, 2.45) is 0 Å². The Morgan fingerprint density at radius 2 is 1.91 bits per heavy atom. The third-order valence-corrected chi connectivity index (χ3v) is 6.86. The maximum absolute atomic E-state index is 12.8. The number of benzene rings is 3. The summed E-state index contributed by atoms with van der Waals surface area (Å²) in [5.74, 6) is 0.184. The molecule has 1 aliphatic rings. The van der Waals surface area contributed by atoms with Crippen molar-refractivity contribution >= 4 is 57.3 Å². The quantitative estimate of drug-likeness (QED) is 0.145. The normalized spacial score (nSPS) is 14.3. The van der Waals surface area contributed by atoms with Crippen LogP contribution in [0.15, 0.2) is 71.6 Å². The van der Waals surface area contributed by atoms with Crippen LogP contribution in [0.25, 0.3) is 6.08 Å². The second kappa shape index (κ2) is 10.7. The highest BCUT2D eigenvalue weighted by atomic mass is 127. The summed E-state index contributed by atoms with van der Waals surface area (Å²) in [4.78, 5) is 37.1. The molecule has 1 aliphatic heterocycles. The fourth-order valence-corrected chi connectivity index (χ4v) is 4.91. The molecule has 2 amide bonds. The summed E-state index contributed by atoms with van der Waals surface area (Å²) in [5, 5.41) is 19.8. The predicted molar refractivity (Wildman–Crippen MR) is 139 cm³/mol. The van der Waals surface area contributed by atoms with Crippen LogP contribution in [-0.4, -0.2) is 21.0 Å². The number of hydrogen-bond acceptors (Lipinski definition) is 7. The molecule has 174 valence electrons. The number of nitrogens with zero attached hydrogens (tertiary/aromatic N) is 3. The Morgan fingerprint density at radius 1 is 1.11 bits per heavy atom. The number of thioether (sulfide) groups is 1. The van der Waals surface area contributed by atoms with Gasteiger partial charge in [-0.2, -0.15) is 5.26 Å². The van der Waals surface area contributed by atoms with E-state index < -0.39 is 16.1 Å². The van der Waals surface area contributed by atoms with Gasteiger partial charge in [0.15, 0.2) is 0 Å². The molecule has 0 saturated carbocycles. The van der Waals surface area contributed by atoms with Crippen LogP contribution in [0.4, 0.5) is 10.5 Å². The lowest BCUT2D eigenvalue weighted by Gasteiger charge is -2.12. The fourth-order valence-electron chi connectivity index (χ4n) is 3.37. The Labute approximate surface area is 218 Å². The number of ether oxygens (including phenoxy) is 1. The third-order valence-electron chi connectivity index (χ3n) is 5.11. The summed E-state index contributed by atoms with van der Waals surface area (Å²) >= 11 is 2.96. The monoisotopic (exact) mass is 597 g/mol. The molecule has 10 heteroatoms. The first-order chi connectivity index (χ1) is 16.9. The standard InChI is InChI=1S/C25H16IN3O5S/c26-21-11-16(8-9-22(21)34-15-19-6-2-1-5-18(19)13-27)12-23-24(30)28(25(31)35-23)14-17-4-3-7-20(10-17)29(32)33/h1-12H,14-15H2/b23-12-. The molecule has 0 aliphatic carbocycles. The number of carbonyl (C=O) groups is 2. The van der Waals surface area contributed by atoms with Crippen molar-refractivity contribution in [2.75, 3.05) is 0 Å². The summed E-state index contributed by atoms with van der Waals surface area (Å²) in [6.45, 7) is 0.202. The zero-order chi connectivity index (χ0) is 24.9. The van der Waals surface area contributed by atoms with Crippen molar-refractivity contribution in [3.8, 4) is 11.8 Å². The number of non-ortho nitro benzene ring substituents is 1. The minimum absolute atomic E-state index is 0.0435. The van der Waals surface area contributed by atoms with Crippen LogP contribution < -0.4 is 4.74 Å². The lowest BCUT2D eigenvalue weighted by Crippen LogP contribution is -2.27. The smallest absolute Gasteiger partial charge is 0.293 e. The van der Waals surface area contributed by atoms with Crippen molar-refractivity contribution in [2.45, 2.75) is 13.2 Å². The van der Waals surface area contributed by atoms with Gasteiger partial charge in [-0.05, 0) is 69.8 Å². The van der Waals surface area contributed by atoms with Crippen LogP contribution in [0.5, 0.6) is 5.75 Å². The zero-order valence-corrected chi connectivity index (χ0v) is 21.0. The summed E-state index contributed by atoms with van der Waals surface area (Å²) in [5.41, 5.74) is 2.46. The lowest BCUT2D eigenvalue weighted by atomic mass is 10.1. The number of nitriles is 1. The van der Waals surface area contributed by atoms with Crippen LogP contribution in [0, 0.1) is 25.0 Å². The minimum Gasteiger partial charge on any atom is -0.488 e. The average molecular weight is 597 g/mol. The van der Waals surface area contributed by atoms with E-state index in [2.05, 4.69) is 28.7 Å². The van der Waals surface area contributed by atoms with Gasteiger partial charge in [-0.3, -0.25) is 24.6 Å². The number of nitro groups is 1. The topological polar surface area (TPSA) is 114 Å². The maximum Gasteiger partial charge on any atom is 0.293 e. The van der Waals surface area contributed by atoms with Crippen LogP contribution in [0.2, 0.25) is 0 Å². The van der Waals surface area contributed by atoms with E-state index in [1.807, 2.05) is 18.2 Å². The van der Waals surface area contributed by atoms with E-state index in [0.29, 0.717) is 16.9 Å². The number of carbonyl (C=O) groups excluding carboxylic acids is 2. The number of imide groups is 1. The van der Waals surface area contributed by atoms with Crippen molar-refractivity contribution in [1.82, 2.24) is 4.90 Å². The number of halogens is 1. The summed E-state index contributed by atoms with van der Waals surface area (Å²) in [6.07, 6.45) is 1.63. The van der Waals surface area contributed by atoms with E-state index in [9.17, 15) is 25.0 Å². The van der Waals surface area contributed by atoms with Gasteiger partial charge in [-0.15, -0.1) is 0 Å². The van der Waals surface area contributed by atoms with Crippen molar-refractivity contribution in [1.29, 1.82) is 5.26 Å². The molecule has 1 heterocycles. The van der Waals surface area contributed by atoms with Crippen LogP contribution in [-0.2, 0) is 17.9 Å². The number of amides is 2. The SMILES string of the molecule is N#Cc1ccccc1COc1ccc(/C=C2\SC(=O)N(Cc3cccc([N+](=O)[O-])c3)C2=O)cc1I. The van der Waals surface area contributed by atoms with Gasteiger partial charge >= 0.3 is 0 Å². The Balaban J connectivity index is 1.46. The Bertz CT molecular complexity index is 1420. The Kier molecular flexibility index (Phi) is 7.48. The molecule has 3 aromatic carbocycles. The number of nitro benzene ring substituents is 1. The Morgan fingerprint density at radius 3 is 2.66 bits per heavy atom. The fraction of sp³-hybridized carbons (Fsp3) is 0.0800. The maximum atomic E-state index is 12.8. The van der Waals surface area contributed by atoms with Crippen molar-refractivity contribution in [3.63, 3.8) is 0 Å². The van der Waals surface area contributed by atoms with E-state index in [0.717, 1.165) is 31.4 Å². The molecule has 1 fully saturated rings. The van der Waals surface area contributed by atoms with Crippen LogP contribution in [0.1, 0.15) is 22.3 Å². The van der Waals surface area contributed by atoms with E-state index in [1.165, 1.54) is 18.2 Å². The third kappa shape index (κ3) is 5.70. The second-order valence-electron chi connectivity index (χ2n) is 7.44. The van der Waals surface area contributed by atoms with Gasteiger partial charge < -0.3 is 4.74 Å². The average Bonchev–Trinajstić information content (AvgIpc) is 3.11. The van der Waals surface area contributed by atoms with Gasteiger partial charge in [0.1, 0.15) is 12.4 Å². The highest BCUT2D eigenvalue weighted by Crippen LogP contribution is 2.34. The van der Waals surface area contributed by atoms with Crippen molar-refractivity contribution in [3.05, 3.63) is 108 Å². The molecule has 0 spiro atoms. The number of rotatable bonds is 7. The molecule has 4 rings (SSSR count). The molecule has 0 aromatic heterocycles. The molecule has 0 atom stereocenters. The van der Waals surface area contributed by atoms with E-state index in [1.54, 1.807) is 36.4 Å². The van der Waals surface area contributed by atoms with Gasteiger partial charge in [0.2, 0.25) is 0 Å². The molecule has 0 radical (unpaired) electrons. The lowest BCUT2D eigenvalue weighted by molar-refractivity contribution is -0.384. The molecule has 35 heavy (non-hydrogen) atoms. The summed E-state index contributed by atoms with van der Waals surface area (Å²) in [7, 11) is 0. The van der Waals surface area contributed by atoms with Gasteiger partial charge in [-0.25, -0.2) is 0 Å². The van der Waals surface area contributed by atoms with Crippen LogP contribution in [0.3, 0.4) is 0 Å². The highest BCUT2D eigenvalue weighted by Gasteiger charge is 2.35. The van der Waals surface area contributed by atoms with Gasteiger partial charge in [-0.1, -0.05) is 36.4 Å². The first kappa shape index (κ1) is 24.4. The first-order valence-electron chi connectivity index (χ1n) is 10.2. The van der Waals surface area contributed by atoms with Gasteiger partial charge in [0.25, 0.3) is 16.8 Å². The zero-order valence-electron chi connectivity index (χ0n) is 18.0. The van der Waals surface area contributed by atoms with Gasteiger partial charge in [0, 0.05) is 17.7 Å². The highest BCUT2D eigenvalue weighted by molar-refractivity contribution is 14.1. The number of hydrogen-bond donors (Lipinski definition) is 0. The Hall–Kier alpha value is -3.69. The first-order valence-corrected chi connectivity index (χ1v) is 12.1. The van der Waals surface area contributed by atoms with E-state index >= 15 is 0 Å². The molecule has 3 aromatic rings. The van der Waals surface area contributed by atoms with Crippen molar-refractivity contribution < 1.29 is 19.2 Å². The molecule has 1 saturated heterocycles. The molecule has 8 nitrogen and oxygen atoms in total. The molecule has 0 bridgehead atoms. The summed E-state index contributed by atoms with van der Waals surface area (Å²) < 4.78 is 6.68.